The third-order valence-electron chi connectivity index (χ3n) is 4.91. The van der Waals surface area contributed by atoms with E-state index in [0.29, 0.717) is 46.3 Å². The van der Waals surface area contributed by atoms with Crippen LogP contribution in [0.2, 0.25) is 0 Å². The third-order valence-corrected chi connectivity index (χ3v) is 4.91. The number of ether oxygens (including phenoxy) is 3. The van der Waals surface area contributed by atoms with Gasteiger partial charge in [0, 0.05) is 23.5 Å². The average Bonchev–Trinajstić information content (AvgIpc) is 3.05. The number of methoxy groups -OCH3 is 3. The Balaban J connectivity index is 2.16. The molecule has 0 atom stereocenters. The first-order valence-corrected chi connectivity index (χ1v) is 9.04. The Morgan fingerprint density at radius 3 is 2.10 bits per heavy atom. The van der Waals surface area contributed by atoms with Gasteiger partial charge in [-0.1, -0.05) is 0 Å². The molecule has 0 radical (unpaired) electrons. The van der Waals surface area contributed by atoms with Crippen molar-refractivity contribution in [1.29, 1.82) is 0 Å². The minimum atomic E-state index is -0.980. The summed E-state index contributed by atoms with van der Waals surface area (Å²) in [5.41, 5.74) is 8.11. The van der Waals surface area contributed by atoms with Crippen LogP contribution in [-0.2, 0) is 6.54 Å². The van der Waals surface area contributed by atoms with Crippen molar-refractivity contribution in [3.63, 3.8) is 0 Å². The molecular formula is C22H22F2N2O4. The van der Waals surface area contributed by atoms with Crippen LogP contribution in [0.1, 0.15) is 21.6 Å². The first kappa shape index (κ1) is 21.2. The summed E-state index contributed by atoms with van der Waals surface area (Å²) in [6, 6.07) is 8.70. The van der Waals surface area contributed by atoms with Gasteiger partial charge in [-0.05, 0) is 48.9 Å². The molecule has 0 spiro atoms. The zero-order valence-corrected chi connectivity index (χ0v) is 17.1. The predicted molar refractivity (Wildman–Crippen MR) is 108 cm³/mol. The molecule has 8 heteroatoms. The van der Waals surface area contributed by atoms with E-state index in [-0.39, 0.29) is 0 Å². The summed E-state index contributed by atoms with van der Waals surface area (Å²) in [4.78, 5) is 11.9. The van der Waals surface area contributed by atoms with Crippen molar-refractivity contribution in [2.75, 3.05) is 21.3 Å². The zero-order chi connectivity index (χ0) is 22.0. The van der Waals surface area contributed by atoms with Crippen LogP contribution < -0.4 is 19.9 Å². The van der Waals surface area contributed by atoms with E-state index in [9.17, 15) is 13.6 Å². The summed E-state index contributed by atoms with van der Waals surface area (Å²) in [5.74, 6) is -1.14. The number of halogens is 2. The van der Waals surface area contributed by atoms with E-state index in [1.165, 1.54) is 27.4 Å². The summed E-state index contributed by atoms with van der Waals surface area (Å²) in [5, 5.41) is 0. The van der Waals surface area contributed by atoms with Gasteiger partial charge < -0.3 is 24.5 Å². The second-order valence-electron chi connectivity index (χ2n) is 6.64. The number of hydrogen-bond acceptors (Lipinski definition) is 4. The highest BCUT2D eigenvalue weighted by Crippen LogP contribution is 2.39. The summed E-state index contributed by atoms with van der Waals surface area (Å²) in [7, 11) is 4.54. The van der Waals surface area contributed by atoms with E-state index in [2.05, 4.69) is 0 Å². The standard InChI is InChI=1S/C22H22F2N2O4/c1-12-15(22(25)27)10-18(14-5-6-16(23)17(24)9-14)26(12)11-13-7-19(28-2)21(30-4)20(8-13)29-3/h5-10H,11H2,1-4H3,(H2,25,27). The van der Waals surface area contributed by atoms with Gasteiger partial charge in [0.05, 0.1) is 26.9 Å². The number of amides is 1. The molecule has 1 amide bonds. The Labute approximate surface area is 172 Å². The van der Waals surface area contributed by atoms with Gasteiger partial charge in [0.25, 0.3) is 5.91 Å². The molecule has 0 aliphatic rings. The van der Waals surface area contributed by atoms with Crippen LogP contribution in [0.15, 0.2) is 36.4 Å². The van der Waals surface area contributed by atoms with E-state index in [4.69, 9.17) is 19.9 Å². The molecule has 158 valence electrons. The molecule has 2 N–H and O–H groups in total. The Morgan fingerprint density at radius 2 is 1.60 bits per heavy atom. The second-order valence-corrected chi connectivity index (χ2v) is 6.64. The van der Waals surface area contributed by atoms with Crippen molar-refractivity contribution in [3.05, 3.63) is 64.9 Å². The van der Waals surface area contributed by atoms with Crippen molar-refractivity contribution in [1.82, 2.24) is 4.57 Å². The van der Waals surface area contributed by atoms with Crippen molar-refractivity contribution in [2.24, 2.45) is 5.73 Å². The molecular weight excluding hydrogens is 394 g/mol. The SMILES string of the molecule is COc1cc(Cn2c(-c3ccc(F)c(F)c3)cc(C(N)=O)c2C)cc(OC)c1OC. The van der Waals surface area contributed by atoms with Crippen LogP contribution in [0.25, 0.3) is 11.3 Å². The Bertz CT molecular complexity index is 1080. The number of aromatic nitrogens is 1. The van der Waals surface area contributed by atoms with Crippen LogP contribution in [0.5, 0.6) is 17.2 Å². The van der Waals surface area contributed by atoms with Crippen LogP contribution in [0, 0.1) is 18.6 Å². The molecule has 0 fully saturated rings. The lowest BCUT2D eigenvalue weighted by Crippen LogP contribution is -2.13. The first-order chi connectivity index (χ1) is 14.3. The van der Waals surface area contributed by atoms with Crippen LogP contribution in [-0.4, -0.2) is 31.8 Å². The monoisotopic (exact) mass is 416 g/mol. The summed E-state index contributed by atoms with van der Waals surface area (Å²) < 4.78 is 45.2. The van der Waals surface area contributed by atoms with Crippen molar-refractivity contribution in [3.8, 4) is 28.5 Å². The first-order valence-electron chi connectivity index (χ1n) is 9.04. The molecule has 0 aliphatic heterocycles. The van der Waals surface area contributed by atoms with Crippen molar-refractivity contribution in [2.45, 2.75) is 13.5 Å². The molecule has 2 aromatic carbocycles. The van der Waals surface area contributed by atoms with E-state index < -0.39 is 17.5 Å². The molecule has 0 saturated heterocycles. The largest absolute Gasteiger partial charge is 0.493 e. The maximum Gasteiger partial charge on any atom is 0.250 e. The molecule has 0 saturated carbocycles. The summed E-state index contributed by atoms with van der Waals surface area (Å²) in [6.45, 7) is 2.03. The minimum Gasteiger partial charge on any atom is -0.493 e. The van der Waals surface area contributed by atoms with Crippen LogP contribution in [0.4, 0.5) is 8.78 Å². The van der Waals surface area contributed by atoms with Crippen molar-refractivity contribution < 1.29 is 27.8 Å². The topological polar surface area (TPSA) is 75.7 Å². The van der Waals surface area contributed by atoms with E-state index in [1.54, 1.807) is 29.7 Å². The van der Waals surface area contributed by atoms with E-state index in [0.717, 1.165) is 17.7 Å². The number of nitrogens with two attached hydrogens (primary N) is 1. The molecule has 3 aromatic rings. The van der Waals surface area contributed by atoms with Crippen LogP contribution in [0.3, 0.4) is 0 Å². The van der Waals surface area contributed by atoms with Gasteiger partial charge in [0.15, 0.2) is 23.1 Å². The summed E-state index contributed by atoms with van der Waals surface area (Å²) in [6.07, 6.45) is 0. The lowest BCUT2D eigenvalue weighted by atomic mass is 10.1. The molecule has 6 nitrogen and oxygen atoms in total. The van der Waals surface area contributed by atoms with E-state index >= 15 is 0 Å². The van der Waals surface area contributed by atoms with Gasteiger partial charge in [-0.2, -0.15) is 0 Å². The van der Waals surface area contributed by atoms with E-state index in [1.807, 2.05) is 0 Å². The van der Waals surface area contributed by atoms with Gasteiger partial charge in [-0.15, -0.1) is 0 Å². The Kier molecular flexibility index (Phi) is 5.96. The number of primary amides is 1. The quantitative estimate of drug-likeness (QED) is 0.634. The summed E-state index contributed by atoms with van der Waals surface area (Å²) >= 11 is 0. The molecule has 0 bridgehead atoms. The average molecular weight is 416 g/mol. The number of rotatable bonds is 7. The van der Waals surface area contributed by atoms with Gasteiger partial charge in [0.1, 0.15) is 0 Å². The molecule has 0 aliphatic carbocycles. The van der Waals surface area contributed by atoms with Crippen molar-refractivity contribution >= 4 is 5.91 Å². The molecule has 1 heterocycles. The normalized spacial score (nSPS) is 10.7. The minimum absolute atomic E-state index is 0.294. The number of benzene rings is 2. The lowest BCUT2D eigenvalue weighted by molar-refractivity contribution is 0.0999. The molecule has 0 unspecified atom stereocenters. The zero-order valence-electron chi connectivity index (χ0n) is 17.1. The van der Waals surface area contributed by atoms with Crippen LogP contribution >= 0.6 is 0 Å². The molecule has 3 rings (SSSR count). The van der Waals surface area contributed by atoms with Gasteiger partial charge in [-0.3, -0.25) is 4.79 Å². The molecule has 30 heavy (non-hydrogen) atoms. The number of carbonyl (C=O) groups excluding carboxylic acids is 1. The highest BCUT2D eigenvalue weighted by atomic mass is 19.2. The lowest BCUT2D eigenvalue weighted by Gasteiger charge is -2.17. The number of hydrogen-bond donors (Lipinski definition) is 1. The third kappa shape index (κ3) is 3.80. The fourth-order valence-corrected chi connectivity index (χ4v) is 3.40. The van der Waals surface area contributed by atoms with Gasteiger partial charge in [-0.25, -0.2) is 8.78 Å². The fourth-order valence-electron chi connectivity index (χ4n) is 3.40. The van der Waals surface area contributed by atoms with Gasteiger partial charge in [0.2, 0.25) is 5.75 Å². The van der Waals surface area contributed by atoms with Gasteiger partial charge >= 0.3 is 0 Å². The number of nitrogens with zero attached hydrogens (tertiary/aromatic N) is 1. The highest BCUT2D eigenvalue weighted by molar-refractivity contribution is 5.95. The Hall–Kier alpha value is -3.55. The smallest absolute Gasteiger partial charge is 0.250 e. The molecule has 1 aromatic heterocycles. The highest BCUT2D eigenvalue weighted by Gasteiger charge is 2.20. The second kappa shape index (κ2) is 8.44. The predicted octanol–water partition coefficient (Wildman–Crippen LogP) is 3.91. The maximum atomic E-state index is 13.8. The number of carbonyl (C=O) groups is 1. The maximum absolute atomic E-state index is 13.8. The Morgan fingerprint density at radius 1 is 0.967 bits per heavy atom. The fraction of sp³-hybridized carbons (Fsp3) is 0.227.